The molecule has 2 aromatic rings. The van der Waals surface area contributed by atoms with Crippen molar-refractivity contribution in [2.75, 3.05) is 14.2 Å². The Hall–Kier alpha value is -3.80. The predicted molar refractivity (Wildman–Crippen MR) is 92.3 cm³/mol. The molecule has 0 bridgehead atoms. The number of methoxy groups -OCH3 is 2. The van der Waals surface area contributed by atoms with Crippen molar-refractivity contribution in [2.24, 2.45) is 0 Å². The molecule has 9 nitrogen and oxygen atoms in total. The quantitative estimate of drug-likeness (QED) is 0.801. The zero-order valence-electron chi connectivity index (χ0n) is 15.1. The fourth-order valence-corrected chi connectivity index (χ4v) is 1.98. The van der Waals surface area contributed by atoms with Crippen LogP contribution >= 0.6 is 0 Å². The summed E-state index contributed by atoms with van der Waals surface area (Å²) in [6.45, 7) is 3.33. The van der Waals surface area contributed by atoms with E-state index in [0.717, 1.165) is 0 Å². The van der Waals surface area contributed by atoms with Crippen molar-refractivity contribution >= 4 is 17.9 Å². The Kier molecular flexibility index (Phi) is 7.57. The number of nitrogens with zero attached hydrogens (tertiary/aromatic N) is 3. The standard InChI is InChI=1S/C9H8N2O2.C9H9NO4/c1-6-3-7(9(12)13-2)4-8(5-10)11-6;1-5-3-6(9(13)14-2)4-7(10-5)8(11)12/h3-4H,1-2H3;3-4H,1-2H3,(H,11,12). The summed E-state index contributed by atoms with van der Waals surface area (Å²) in [6.07, 6.45) is 0. The molecule has 0 fully saturated rings. The third-order valence-electron chi connectivity index (χ3n) is 3.08. The number of rotatable bonds is 3. The zero-order valence-corrected chi connectivity index (χ0v) is 15.1. The van der Waals surface area contributed by atoms with E-state index >= 15 is 0 Å². The molecule has 0 amide bonds. The molecule has 1 N–H and O–H groups in total. The smallest absolute Gasteiger partial charge is 0.354 e. The molecule has 0 atom stereocenters. The molecule has 27 heavy (non-hydrogen) atoms. The molecule has 2 aromatic heterocycles. The SMILES string of the molecule is COC(=O)c1cc(C)nc(C#N)c1.COC(=O)c1cc(C)nc(C(=O)O)c1. The van der Waals surface area contributed by atoms with Gasteiger partial charge < -0.3 is 14.6 Å². The maximum atomic E-state index is 11.1. The minimum atomic E-state index is -1.17. The van der Waals surface area contributed by atoms with Crippen LogP contribution in [0.3, 0.4) is 0 Å². The molecule has 0 unspecified atom stereocenters. The molecule has 140 valence electrons. The van der Waals surface area contributed by atoms with Crippen LogP contribution in [0, 0.1) is 25.2 Å². The van der Waals surface area contributed by atoms with E-state index in [0.29, 0.717) is 17.0 Å². The van der Waals surface area contributed by atoms with E-state index in [2.05, 4.69) is 19.4 Å². The Labute approximate surface area is 155 Å². The number of nitriles is 1. The van der Waals surface area contributed by atoms with Gasteiger partial charge in [0.15, 0.2) is 0 Å². The van der Waals surface area contributed by atoms with Gasteiger partial charge in [-0.15, -0.1) is 0 Å². The molecule has 0 saturated heterocycles. The number of esters is 2. The molecule has 0 aromatic carbocycles. The molecule has 0 saturated carbocycles. The normalized spacial score (nSPS) is 9.30. The lowest BCUT2D eigenvalue weighted by molar-refractivity contribution is 0.0591. The maximum Gasteiger partial charge on any atom is 0.354 e. The topological polar surface area (TPSA) is 139 Å². The van der Waals surface area contributed by atoms with Crippen molar-refractivity contribution < 1.29 is 29.0 Å². The van der Waals surface area contributed by atoms with Gasteiger partial charge in [-0.1, -0.05) is 0 Å². The van der Waals surface area contributed by atoms with Gasteiger partial charge >= 0.3 is 17.9 Å². The number of aryl methyl sites for hydroxylation is 2. The number of hydrogen-bond donors (Lipinski definition) is 1. The van der Waals surface area contributed by atoms with Crippen LogP contribution in [0.4, 0.5) is 0 Å². The minimum absolute atomic E-state index is 0.162. The second kappa shape index (κ2) is 9.62. The summed E-state index contributed by atoms with van der Waals surface area (Å²) in [7, 11) is 2.53. The van der Waals surface area contributed by atoms with Crippen LogP contribution in [-0.2, 0) is 9.47 Å². The second-order valence-corrected chi connectivity index (χ2v) is 5.17. The number of carboxylic acid groups (broad SMARTS) is 1. The lowest BCUT2D eigenvalue weighted by atomic mass is 10.2. The first-order chi connectivity index (χ1) is 12.7. The third kappa shape index (κ3) is 6.21. The molecule has 0 aliphatic carbocycles. The van der Waals surface area contributed by atoms with Gasteiger partial charge in [0.1, 0.15) is 17.5 Å². The maximum absolute atomic E-state index is 11.1. The van der Waals surface area contributed by atoms with Gasteiger partial charge in [0.05, 0.1) is 25.3 Å². The average molecular weight is 371 g/mol. The number of ether oxygens (including phenoxy) is 2. The summed E-state index contributed by atoms with van der Waals surface area (Å²) in [5.74, 6) is -2.20. The van der Waals surface area contributed by atoms with Crippen LogP contribution in [0.1, 0.15) is 48.3 Å². The van der Waals surface area contributed by atoms with Crippen molar-refractivity contribution in [3.05, 3.63) is 58.2 Å². The number of aromatic nitrogens is 2. The summed E-state index contributed by atoms with van der Waals surface area (Å²) >= 11 is 0. The highest BCUT2D eigenvalue weighted by Gasteiger charge is 2.12. The highest BCUT2D eigenvalue weighted by molar-refractivity contribution is 5.93. The van der Waals surface area contributed by atoms with Crippen molar-refractivity contribution in [1.82, 2.24) is 9.97 Å². The molecule has 2 rings (SSSR count). The lowest BCUT2D eigenvalue weighted by Gasteiger charge is -2.01. The van der Waals surface area contributed by atoms with E-state index in [-0.39, 0.29) is 17.0 Å². The van der Waals surface area contributed by atoms with Crippen LogP contribution in [0.25, 0.3) is 0 Å². The summed E-state index contributed by atoms with van der Waals surface area (Å²) in [5, 5.41) is 17.2. The fourth-order valence-electron chi connectivity index (χ4n) is 1.98. The summed E-state index contributed by atoms with van der Waals surface area (Å²) < 4.78 is 8.98. The van der Waals surface area contributed by atoms with Crippen LogP contribution in [0.15, 0.2) is 24.3 Å². The Balaban J connectivity index is 0.000000271. The minimum Gasteiger partial charge on any atom is -0.477 e. The Morgan fingerprint density at radius 1 is 0.926 bits per heavy atom. The third-order valence-corrected chi connectivity index (χ3v) is 3.08. The Bertz CT molecular complexity index is 918. The monoisotopic (exact) mass is 371 g/mol. The van der Waals surface area contributed by atoms with E-state index in [1.807, 2.05) is 6.07 Å². The van der Waals surface area contributed by atoms with E-state index in [1.54, 1.807) is 19.9 Å². The molecule has 2 heterocycles. The Morgan fingerprint density at radius 2 is 1.41 bits per heavy atom. The van der Waals surface area contributed by atoms with Crippen LogP contribution < -0.4 is 0 Å². The largest absolute Gasteiger partial charge is 0.477 e. The van der Waals surface area contributed by atoms with E-state index in [1.165, 1.54) is 32.4 Å². The van der Waals surface area contributed by atoms with E-state index in [4.69, 9.17) is 10.4 Å². The van der Waals surface area contributed by atoms with E-state index < -0.39 is 17.9 Å². The highest BCUT2D eigenvalue weighted by atomic mass is 16.5. The molecule has 9 heteroatoms. The predicted octanol–water partition coefficient (Wildman–Crippen LogP) is 1.92. The molecule has 0 aliphatic rings. The molecule has 0 aliphatic heterocycles. The lowest BCUT2D eigenvalue weighted by Crippen LogP contribution is -2.07. The first-order valence-electron chi connectivity index (χ1n) is 7.49. The van der Waals surface area contributed by atoms with Gasteiger partial charge in [0.25, 0.3) is 0 Å². The number of carbonyl (C=O) groups is 3. The molecule has 0 radical (unpaired) electrons. The van der Waals surface area contributed by atoms with Crippen LogP contribution in [0.2, 0.25) is 0 Å². The van der Waals surface area contributed by atoms with Gasteiger partial charge in [0, 0.05) is 11.4 Å². The number of carbonyl (C=O) groups excluding carboxylic acids is 2. The van der Waals surface area contributed by atoms with Gasteiger partial charge in [-0.2, -0.15) is 5.26 Å². The molecular weight excluding hydrogens is 354 g/mol. The number of carboxylic acids is 1. The first-order valence-corrected chi connectivity index (χ1v) is 7.49. The van der Waals surface area contributed by atoms with Crippen LogP contribution in [0.5, 0.6) is 0 Å². The van der Waals surface area contributed by atoms with E-state index in [9.17, 15) is 14.4 Å². The van der Waals surface area contributed by atoms with Gasteiger partial charge in [0.2, 0.25) is 0 Å². The summed E-state index contributed by atoms with van der Waals surface area (Å²) in [5.41, 5.74) is 1.69. The number of hydrogen-bond acceptors (Lipinski definition) is 8. The van der Waals surface area contributed by atoms with Crippen molar-refractivity contribution in [1.29, 1.82) is 5.26 Å². The van der Waals surface area contributed by atoms with Gasteiger partial charge in [-0.25, -0.2) is 24.4 Å². The van der Waals surface area contributed by atoms with Crippen LogP contribution in [-0.4, -0.2) is 47.2 Å². The number of pyridine rings is 2. The van der Waals surface area contributed by atoms with Gasteiger partial charge in [-0.05, 0) is 38.1 Å². The Morgan fingerprint density at radius 3 is 1.85 bits per heavy atom. The molecule has 0 spiro atoms. The van der Waals surface area contributed by atoms with Gasteiger partial charge in [-0.3, -0.25) is 0 Å². The van der Waals surface area contributed by atoms with Crippen molar-refractivity contribution in [3.8, 4) is 6.07 Å². The first kappa shape index (κ1) is 21.2. The van der Waals surface area contributed by atoms with Crippen molar-refractivity contribution in [2.45, 2.75) is 13.8 Å². The zero-order chi connectivity index (χ0) is 20.6. The van der Waals surface area contributed by atoms with Crippen molar-refractivity contribution in [3.63, 3.8) is 0 Å². The second-order valence-electron chi connectivity index (χ2n) is 5.17. The highest BCUT2D eigenvalue weighted by Crippen LogP contribution is 2.07. The molecular formula is C18H17N3O6. The summed E-state index contributed by atoms with van der Waals surface area (Å²) in [4.78, 5) is 40.4. The average Bonchev–Trinajstić information content (AvgIpc) is 2.65. The summed E-state index contributed by atoms with van der Waals surface area (Å²) in [6, 6.07) is 7.50. The fraction of sp³-hybridized carbons (Fsp3) is 0.222. The number of aromatic carboxylic acids is 1.